The lowest BCUT2D eigenvalue weighted by atomic mass is 10.2. The number of hydrogen-bond donors (Lipinski definition) is 2. The molecule has 0 aliphatic carbocycles. The third-order valence-corrected chi connectivity index (χ3v) is 4.20. The lowest BCUT2D eigenvalue weighted by Crippen LogP contribution is -2.27. The molecule has 0 radical (unpaired) electrons. The van der Waals surface area contributed by atoms with Crippen LogP contribution in [0.3, 0.4) is 0 Å². The summed E-state index contributed by atoms with van der Waals surface area (Å²) in [5.74, 6) is 1.29. The molecular formula is C17H16Cl2N2O2S. The molecule has 3 rings (SSSR count). The molecule has 0 saturated heterocycles. The second kappa shape index (κ2) is 7.92. The van der Waals surface area contributed by atoms with E-state index in [0.29, 0.717) is 46.4 Å². The van der Waals surface area contributed by atoms with Crippen LogP contribution in [0.15, 0.2) is 36.4 Å². The number of hydrogen-bond acceptors (Lipinski definition) is 3. The van der Waals surface area contributed by atoms with Gasteiger partial charge in [0.1, 0.15) is 0 Å². The summed E-state index contributed by atoms with van der Waals surface area (Å²) in [5.41, 5.74) is 1.83. The Labute approximate surface area is 156 Å². The van der Waals surface area contributed by atoms with Crippen molar-refractivity contribution < 1.29 is 9.47 Å². The van der Waals surface area contributed by atoms with Crippen molar-refractivity contribution in [1.82, 2.24) is 5.32 Å². The molecule has 0 bridgehead atoms. The van der Waals surface area contributed by atoms with Gasteiger partial charge in [0, 0.05) is 23.7 Å². The molecule has 0 fully saturated rings. The quantitative estimate of drug-likeness (QED) is 0.756. The zero-order valence-corrected chi connectivity index (χ0v) is 15.1. The largest absolute Gasteiger partial charge is 0.489 e. The Balaban J connectivity index is 1.62. The molecule has 1 aliphatic heterocycles. The molecule has 2 aromatic rings. The molecule has 0 amide bonds. The summed E-state index contributed by atoms with van der Waals surface area (Å²) in [7, 11) is 0. The first-order chi connectivity index (χ1) is 11.6. The van der Waals surface area contributed by atoms with E-state index in [1.807, 2.05) is 24.3 Å². The fourth-order valence-electron chi connectivity index (χ4n) is 2.28. The van der Waals surface area contributed by atoms with Crippen molar-refractivity contribution in [2.24, 2.45) is 0 Å². The Morgan fingerprint density at radius 3 is 2.62 bits per heavy atom. The van der Waals surface area contributed by atoms with Gasteiger partial charge in [-0.2, -0.15) is 0 Å². The highest BCUT2D eigenvalue weighted by atomic mass is 35.5. The van der Waals surface area contributed by atoms with Gasteiger partial charge < -0.3 is 20.1 Å². The molecule has 126 valence electrons. The number of rotatable bonds is 3. The molecule has 1 aliphatic rings. The highest BCUT2D eigenvalue weighted by Crippen LogP contribution is 2.37. The summed E-state index contributed by atoms with van der Waals surface area (Å²) in [6.07, 6.45) is 0.841. The van der Waals surface area contributed by atoms with Crippen molar-refractivity contribution in [3.63, 3.8) is 0 Å². The Bertz CT molecular complexity index is 738. The first-order valence-electron chi connectivity index (χ1n) is 7.50. The maximum absolute atomic E-state index is 6.29. The first kappa shape index (κ1) is 17.1. The van der Waals surface area contributed by atoms with Crippen LogP contribution in [0.4, 0.5) is 5.69 Å². The lowest BCUT2D eigenvalue weighted by Gasteiger charge is -2.14. The van der Waals surface area contributed by atoms with Crippen LogP contribution < -0.4 is 20.1 Å². The maximum atomic E-state index is 6.29. The normalized spacial score (nSPS) is 13.1. The predicted molar refractivity (Wildman–Crippen MR) is 102 cm³/mol. The van der Waals surface area contributed by atoms with Crippen molar-refractivity contribution >= 4 is 46.2 Å². The van der Waals surface area contributed by atoms with Gasteiger partial charge in [0.2, 0.25) is 0 Å². The van der Waals surface area contributed by atoms with E-state index >= 15 is 0 Å². The van der Waals surface area contributed by atoms with Gasteiger partial charge in [-0.1, -0.05) is 23.2 Å². The summed E-state index contributed by atoms with van der Waals surface area (Å²) < 4.78 is 11.3. The summed E-state index contributed by atoms with van der Waals surface area (Å²) in [6.45, 7) is 1.76. The Kier molecular flexibility index (Phi) is 5.66. The average Bonchev–Trinajstić information content (AvgIpc) is 2.81. The number of thiocarbonyl (C=S) groups is 1. The standard InChI is InChI=1S/C17H16Cl2N2O2S/c18-12-2-4-13(5-3-12)21-17(24)20-10-11-8-14(19)16-15(9-11)22-6-1-7-23-16/h2-5,8-9H,1,6-7,10H2,(H2,20,21,24). The Morgan fingerprint density at radius 1 is 1.08 bits per heavy atom. The van der Waals surface area contributed by atoms with Gasteiger partial charge in [0.05, 0.1) is 18.2 Å². The van der Waals surface area contributed by atoms with E-state index in [9.17, 15) is 0 Å². The van der Waals surface area contributed by atoms with Crippen molar-refractivity contribution in [3.05, 3.63) is 52.0 Å². The van der Waals surface area contributed by atoms with E-state index < -0.39 is 0 Å². The van der Waals surface area contributed by atoms with Crippen LogP contribution in [-0.4, -0.2) is 18.3 Å². The van der Waals surface area contributed by atoms with Crippen LogP contribution >= 0.6 is 35.4 Å². The van der Waals surface area contributed by atoms with Crippen LogP contribution in [0.1, 0.15) is 12.0 Å². The minimum atomic E-state index is 0.514. The smallest absolute Gasteiger partial charge is 0.179 e. The molecule has 4 nitrogen and oxygen atoms in total. The lowest BCUT2D eigenvalue weighted by molar-refractivity contribution is 0.297. The summed E-state index contributed by atoms with van der Waals surface area (Å²) in [5, 5.41) is 7.98. The average molecular weight is 383 g/mol. The molecule has 0 saturated carbocycles. The van der Waals surface area contributed by atoms with E-state index in [4.69, 9.17) is 44.9 Å². The minimum Gasteiger partial charge on any atom is -0.489 e. The molecule has 0 atom stereocenters. The number of anilines is 1. The maximum Gasteiger partial charge on any atom is 0.179 e. The second-order valence-electron chi connectivity index (χ2n) is 5.27. The third-order valence-electron chi connectivity index (χ3n) is 3.42. The zero-order valence-electron chi connectivity index (χ0n) is 12.8. The molecule has 7 heteroatoms. The van der Waals surface area contributed by atoms with Crippen molar-refractivity contribution in [2.75, 3.05) is 18.5 Å². The molecule has 0 unspecified atom stereocenters. The van der Waals surface area contributed by atoms with Crippen LogP contribution in [0.2, 0.25) is 10.0 Å². The number of ether oxygens (including phenoxy) is 2. The highest BCUT2D eigenvalue weighted by Gasteiger charge is 2.15. The number of nitrogens with one attached hydrogen (secondary N) is 2. The fourth-order valence-corrected chi connectivity index (χ4v) is 2.88. The van der Waals surface area contributed by atoms with Gasteiger partial charge in [0.15, 0.2) is 16.6 Å². The molecule has 1 heterocycles. The van der Waals surface area contributed by atoms with Gasteiger partial charge in [0.25, 0.3) is 0 Å². The first-order valence-corrected chi connectivity index (χ1v) is 8.67. The van der Waals surface area contributed by atoms with E-state index in [2.05, 4.69) is 10.6 Å². The SMILES string of the molecule is S=C(NCc1cc(Cl)c2c(c1)OCCCO2)Nc1ccc(Cl)cc1. The molecule has 24 heavy (non-hydrogen) atoms. The highest BCUT2D eigenvalue weighted by molar-refractivity contribution is 7.80. The number of fused-ring (bicyclic) bond motifs is 1. The monoisotopic (exact) mass is 382 g/mol. The summed E-state index contributed by atoms with van der Waals surface area (Å²) in [4.78, 5) is 0. The van der Waals surface area contributed by atoms with Crippen LogP contribution in [0.25, 0.3) is 0 Å². The zero-order chi connectivity index (χ0) is 16.9. The summed E-state index contributed by atoms with van der Waals surface area (Å²) >= 11 is 17.4. The Morgan fingerprint density at radius 2 is 1.83 bits per heavy atom. The predicted octanol–water partition coefficient (Wildman–Crippen LogP) is 4.64. The van der Waals surface area contributed by atoms with Crippen LogP contribution in [-0.2, 0) is 6.54 Å². The Hall–Kier alpha value is -1.69. The third kappa shape index (κ3) is 4.44. The summed E-state index contributed by atoms with van der Waals surface area (Å²) in [6, 6.07) is 11.1. The van der Waals surface area contributed by atoms with Crippen molar-refractivity contribution in [1.29, 1.82) is 0 Å². The molecule has 2 aromatic carbocycles. The van der Waals surface area contributed by atoms with Crippen LogP contribution in [0.5, 0.6) is 11.5 Å². The number of halogens is 2. The van der Waals surface area contributed by atoms with Crippen molar-refractivity contribution in [3.8, 4) is 11.5 Å². The molecule has 0 spiro atoms. The molecule has 2 N–H and O–H groups in total. The van der Waals surface area contributed by atoms with Gasteiger partial charge in [-0.15, -0.1) is 0 Å². The van der Waals surface area contributed by atoms with Crippen LogP contribution in [0, 0.1) is 0 Å². The van der Waals surface area contributed by atoms with E-state index in [0.717, 1.165) is 17.7 Å². The van der Waals surface area contributed by atoms with Gasteiger partial charge in [-0.25, -0.2) is 0 Å². The van der Waals surface area contributed by atoms with Gasteiger partial charge >= 0.3 is 0 Å². The molecule has 0 aromatic heterocycles. The topological polar surface area (TPSA) is 42.5 Å². The molecular weight excluding hydrogens is 367 g/mol. The van der Waals surface area contributed by atoms with Crippen molar-refractivity contribution in [2.45, 2.75) is 13.0 Å². The van der Waals surface area contributed by atoms with Gasteiger partial charge in [-0.05, 0) is 54.2 Å². The van der Waals surface area contributed by atoms with E-state index in [1.54, 1.807) is 12.1 Å². The van der Waals surface area contributed by atoms with E-state index in [-0.39, 0.29) is 0 Å². The van der Waals surface area contributed by atoms with E-state index in [1.165, 1.54) is 0 Å². The number of benzene rings is 2. The van der Waals surface area contributed by atoms with Gasteiger partial charge in [-0.3, -0.25) is 0 Å². The second-order valence-corrected chi connectivity index (χ2v) is 6.52. The fraction of sp³-hybridized carbons (Fsp3) is 0.235. The minimum absolute atomic E-state index is 0.514.